The van der Waals surface area contributed by atoms with Crippen LogP contribution in [0.15, 0.2) is 30.3 Å². The van der Waals surface area contributed by atoms with Crippen molar-refractivity contribution in [2.24, 2.45) is 0 Å². The van der Waals surface area contributed by atoms with Crippen LogP contribution in [0, 0.1) is 0 Å². The standard InChI is InChI=1S/C14H20N2O2/c17-14(11-18-13-7-2-1-3-8-13)16-12-6-4-5-9-15-10-12/h1-3,7-8,12,15H,4-6,9-11H2,(H,16,17). The molecule has 4 heteroatoms. The molecule has 0 aromatic heterocycles. The molecule has 2 rings (SSSR count). The van der Waals surface area contributed by atoms with Crippen molar-refractivity contribution in [1.82, 2.24) is 10.6 Å². The van der Waals surface area contributed by atoms with Crippen molar-refractivity contribution in [2.45, 2.75) is 25.3 Å². The molecule has 1 heterocycles. The fourth-order valence-electron chi connectivity index (χ4n) is 2.08. The number of ether oxygens (including phenoxy) is 1. The molecule has 18 heavy (non-hydrogen) atoms. The Labute approximate surface area is 108 Å². The van der Waals surface area contributed by atoms with Gasteiger partial charge < -0.3 is 15.4 Å². The maximum absolute atomic E-state index is 11.7. The third-order valence-electron chi connectivity index (χ3n) is 3.03. The molecule has 1 atom stereocenters. The summed E-state index contributed by atoms with van der Waals surface area (Å²) in [5.41, 5.74) is 0. The Balaban J connectivity index is 1.71. The van der Waals surface area contributed by atoms with Gasteiger partial charge in [-0.25, -0.2) is 0 Å². The van der Waals surface area contributed by atoms with Gasteiger partial charge in [0, 0.05) is 12.6 Å². The maximum Gasteiger partial charge on any atom is 0.258 e. The van der Waals surface area contributed by atoms with Crippen LogP contribution in [-0.4, -0.2) is 31.6 Å². The van der Waals surface area contributed by atoms with E-state index in [0.717, 1.165) is 31.7 Å². The highest BCUT2D eigenvalue weighted by Gasteiger charge is 2.14. The summed E-state index contributed by atoms with van der Waals surface area (Å²) in [5.74, 6) is 0.680. The van der Waals surface area contributed by atoms with Crippen molar-refractivity contribution in [3.63, 3.8) is 0 Å². The number of amides is 1. The molecule has 1 fully saturated rings. The number of nitrogens with one attached hydrogen (secondary N) is 2. The molecular formula is C14H20N2O2. The summed E-state index contributed by atoms with van der Waals surface area (Å²) in [7, 11) is 0. The Morgan fingerprint density at radius 3 is 3.00 bits per heavy atom. The summed E-state index contributed by atoms with van der Waals surface area (Å²) in [4.78, 5) is 11.7. The molecule has 1 aliphatic rings. The number of carbonyl (C=O) groups excluding carboxylic acids is 1. The highest BCUT2D eigenvalue weighted by Crippen LogP contribution is 2.08. The average Bonchev–Trinajstić information content (AvgIpc) is 2.66. The topological polar surface area (TPSA) is 50.4 Å². The second kappa shape index (κ2) is 7.01. The van der Waals surface area contributed by atoms with Crippen LogP contribution in [0.25, 0.3) is 0 Å². The number of hydrogen-bond donors (Lipinski definition) is 2. The molecule has 4 nitrogen and oxygen atoms in total. The van der Waals surface area contributed by atoms with Gasteiger partial charge in [0.15, 0.2) is 6.61 Å². The van der Waals surface area contributed by atoms with E-state index in [1.165, 1.54) is 6.42 Å². The molecule has 98 valence electrons. The third kappa shape index (κ3) is 4.37. The third-order valence-corrected chi connectivity index (χ3v) is 3.03. The van der Waals surface area contributed by atoms with Gasteiger partial charge in [0.2, 0.25) is 0 Å². The molecule has 0 saturated carbocycles. The molecule has 1 unspecified atom stereocenters. The zero-order valence-corrected chi connectivity index (χ0v) is 10.5. The van der Waals surface area contributed by atoms with Crippen LogP contribution >= 0.6 is 0 Å². The van der Waals surface area contributed by atoms with Crippen LogP contribution in [0.4, 0.5) is 0 Å². The largest absolute Gasteiger partial charge is 0.484 e. The second-order valence-corrected chi connectivity index (χ2v) is 4.57. The van der Waals surface area contributed by atoms with E-state index in [9.17, 15) is 4.79 Å². The van der Waals surface area contributed by atoms with E-state index < -0.39 is 0 Å². The summed E-state index contributed by atoms with van der Waals surface area (Å²) in [5, 5.41) is 6.32. The molecular weight excluding hydrogens is 228 g/mol. The van der Waals surface area contributed by atoms with Gasteiger partial charge in [0.25, 0.3) is 5.91 Å². The van der Waals surface area contributed by atoms with Crippen LogP contribution in [0.3, 0.4) is 0 Å². The molecule has 1 amide bonds. The molecule has 2 N–H and O–H groups in total. The first-order chi connectivity index (χ1) is 8.84. The minimum absolute atomic E-state index is 0.0486. The van der Waals surface area contributed by atoms with E-state index >= 15 is 0 Å². The van der Waals surface area contributed by atoms with Crippen LogP contribution in [0.5, 0.6) is 5.75 Å². The van der Waals surface area contributed by atoms with Crippen LogP contribution in [0.2, 0.25) is 0 Å². The highest BCUT2D eigenvalue weighted by molar-refractivity contribution is 5.77. The van der Waals surface area contributed by atoms with Crippen LogP contribution in [0.1, 0.15) is 19.3 Å². The predicted molar refractivity (Wildman–Crippen MR) is 70.6 cm³/mol. The van der Waals surface area contributed by atoms with Gasteiger partial charge in [-0.2, -0.15) is 0 Å². The van der Waals surface area contributed by atoms with Crippen LogP contribution in [-0.2, 0) is 4.79 Å². The van der Waals surface area contributed by atoms with Crippen LogP contribution < -0.4 is 15.4 Å². The fraction of sp³-hybridized carbons (Fsp3) is 0.500. The quantitative estimate of drug-likeness (QED) is 0.845. The van der Waals surface area contributed by atoms with Crippen molar-refractivity contribution in [3.8, 4) is 5.75 Å². The van der Waals surface area contributed by atoms with Gasteiger partial charge in [-0.3, -0.25) is 4.79 Å². The van der Waals surface area contributed by atoms with Gasteiger partial charge in [-0.15, -0.1) is 0 Å². The molecule has 0 radical (unpaired) electrons. The minimum Gasteiger partial charge on any atom is -0.484 e. The van der Waals surface area contributed by atoms with Crippen molar-refractivity contribution in [2.75, 3.05) is 19.7 Å². The molecule has 1 aromatic carbocycles. The van der Waals surface area contributed by atoms with Crippen molar-refractivity contribution in [3.05, 3.63) is 30.3 Å². The van der Waals surface area contributed by atoms with Crippen molar-refractivity contribution in [1.29, 1.82) is 0 Å². The highest BCUT2D eigenvalue weighted by atomic mass is 16.5. The van der Waals surface area contributed by atoms with Gasteiger partial charge in [0.05, 0.1) is 0 Å². The summed E-state index contributed by atoms with van der Waals surface area (Å²) in [6, 6.07) is 9.63. The van der Waals surface area contributed by atoms with Crippen molar-refractivity contribution < 1.29 is 9.53 Å². The first-order valence-corrected chi connectivity index (χ1v) is 6.52. The Hall–Kier alpha value is -1.55. The Bertz CT molecular complexity index is 359. The predicted octanol–water partition coefficient (Wildman–Crippen LogP) is 1.32. The smallest absolute Gasteiger partial charge is 0.258 e. The monoisotopic (exact) mass is 248 g/mol. The number of benzene rings is 1. The minimum atomic E-state index is -0.0486. The number of para-hydroxylation sites is 1. The molecule has 0 aliphatic carbocycles. The maximum atomic E-state index is 11.7. The summed E-state index contributed by atoms with van der Waals surface area (Å²) >= 11 is 0. The Kier molecular flexibility index (Phi) is 5.02. The van der Waals surface area contributed by atoms with Gasteiger partial charge in [-0.1, -0.05) is 24.6 Å². The van der Waals surface area contributed by atoms with Gasteiger partial charge in [-0.05, 0) is 31.5 Å². The molecule has 1 saturated heterocycles. The van der Waals surface area contributed by atoms with E-state index in [1.807, 2.05) is 30.3 Å². The van der Waals surface area contributed by atoms with Gasteiger partial charge >= 0.3 is 0 Å². The SMILES string of the molecule is O=C(COc1ccccc1)NC1CCCCNC1. The van der Waals surface area contributed by atoms with E-state index in [1.54, 1.807) is 0 Å². The lowest BCUT2D eigenvalue weighted by molar-refractivity contribution is -0.123. The van der Waals surface area contributed by atoms with Crippen molar-refractivity contribution >= 4 is 5.91 Å². The van der Waals surface area contributed by atoms with E-state index in [2.05, 4.69) is 10.6 Å². The normalized spacial score (nSPS) is 19.9. The Morgan fingerprint density at radius 1 is 1.33 bits per heavy atom. The number of rotatable bonds is 4. The first kappa shape index (κ1) is 12.9. The zero-order valence-electron chi connectivity index (χ0n) is 10.5. The molecule has 1 aromatic rings. The summed E-state index contributed by atoms with van der Waals surface area (Å²) in [6.45, 7) is 1.99. The molecule has 0 bridgehead atoms. The lowest BCUT2D eigenvalue weighted by atomic mass is 10.1. The lowest BCUT2D eigenvalue weighted by Gasteiger charge is -2.16. The second-order valence-electron chi connectivity index (χ2n) is 4.57. The number of carbonyl (C=O) groups is 1. The Morgan fingerprint density at radius 2 is 2.17 bits per heavy atom. The molecule has 0 spiro atoms. The van der Waals surface area contributed by atoms with E-state index in [0.29, 0.717) is 0 Å². The van der Waals surface area contributed by atoms with E-state index in [4.69, 9.17) is 4.74 Å². The first-order valence-electron chi connectivity index (χ1n) is 6.52. The fourth-order valence-corrected chi connectivity index (χ4v) is 2.08. The zero-order chi connectivity index (χ0) is 12.6. The van der Waals surface area contributed by atoms with E-state index in [-0.39, 0.29) is 18.6 Å². The number of hydrogen-bond acceptors (Lipinski definition) is 3. The molecule has 1 aliphatic heterocycles. The average molecular weight is 248 g/mol. The summed E-state index contributed by atoms with van der Waals surface area (Å²) in [6.07, 6.45) is 3.40. The van der Waals surface area contributed by atoms with Gasteiger partial charge in [0.1, 0.15) is 5.75 Å². The summed E-state index contributed by atoms with van der Waals surface area (Å²) < 4.78 is 5.41. The lowest BCUT2D eigenvalue weighted by Crippen LogP contribution is -2.42.